The summed E-state index contributed by atoms with van der Waals surface area (Å²) in [6, 6.07) is 15.9. The number of amides is 1. The Morgan fingerprint density at radius 2 is 1.96 bits per heavy atom. The Balaban J connectivity index is 1.84. The molecule has 2 aromatic rings. The molecule has 28 heavy (non-hydrogen) atoms. The summed E-state index contributed by atoms with van der Waals surface area (Å²) in [6.07, 6.45) is -0.331. The summed E-state index contributed by atoms with van der Waals surface area (Å²) in [5.74, 6) is 0.0830. The Kier molecular flexibility index (Phi) is 5.71. The van der Waals surface area contributed by atoms with Gasteiger partial charge in [-0.3, -0.25) is 0 Å². The van der Waals surface area contributed by atoms with Crippen LogP contribution in [0.1, 0.15) is 43.4 Å². The molecule has 0 aromatic heterocycles. The molecule has 3 rings (SSSR count). The molecule has 2 aromatic carbocycles. The number of rotatable bonds is 3. The van der Waals surface area contributed by atoms with Crippen molar-refractivity contribution in [2.75, 3.05) is 20.2 Å². The standard InChI is InChI=1S/C23H26N2O3/c1-23(2,3)28-22(26)25(4)13-18-14-27-15-21-19(6-5-7-20(18)21)17-10-8-16(12-24)9-11-17/h5-11,18H,13-15H2,1-4H3/t18-/m0/s1. The molecule has 0 aliphatic carbocycles. The first-order valence-corrected chi connectivity index (χ1v) is 9.42. The summed E-state index contributed by atoms with van der Waals surface area (Å²) < 4.78 is 11.3. The Morgan fingerprint density at radius 1 is 1.25 bits per heavy atom. The van der Waals surface area contributed by atoms with Crippen molar-refractivity contribution in [3.05, 3.63) is 59.2 Å². The molecule has 1 amide bonds. The first-order valence-electron chi connectivity index (χ1n) is 9.42. The second kappa shape index (κ2) is 8.04. The van der Waals surface area contributed by atoms with E-state index in [1.54, 1.807) is 11.9 Å². The lowest BCUT2D eigenvalue weighted by atomic mass is 9.87. The van der Waals surface area contributed by atoms with Gasteiger partial charge in [0.1, 0.15) is 5.60 Å². The van der Waals surface area contributed by atoms with Gasteiger partial charge in [-0.1, -0.05) is 30.3 Å². The molecule has 0 saturated heterocycles. The number of likely N-dealkylation sites (N-methyl/N-ethyl adjacent to an activating group) is 1. The highest BCUT2D eigenvalue weighted by Crippen LogP contribution is 2.35. The van der Waals surface area contributed by atoms with Crippen LogP contribution in [-0.2, 0) is 16.1 Å². The van der Waals surface area contributed by atoms with Crippen LogP contribution in [0, 0.1) is 11.3 Å². The number of hydrogen-bond donors (Lipinski definition) is 0. The quantitative estimate of drug-likeness (QED) is 0.776. The fourth-order valence-electron chi connectivity index (χ4n) is 3.43. The predicted molar refractivity (Wildman–Crippen MR) is 108 cm³/mol. The maximum atomic E-state index is 12.3. The molecule has 5 heteroatoms. The Labute approximate surface area is 166 Å². The third-order valence-electron chi connectivity index (χ3n) is 4.74. The van der Waals surface area contributed by atoms with Crippen LogP contribution in [0.15, 0.2) is 42.5 Å². The topological polar surface area (TPSA) is 62.6 Å². The number of nitrogens with zero attached hydrogens (tertiary/aromatic N) is 2. The van der Waals surface area contributed by atoms with Crippen molar-refractivity contribution in [1.82, 2.24) is 4.90 Å². The lowest BCUT2D eigenvalue weighted by Crippen LogP contribution is -2.38. The van der Waals surface area contributed by atoms with E-state index in [9.17, 15) is 4.79 Å². The molecule has 1 aliphatic rings. The highest BCUT2D eigenvalue weighted by Gasteiger charge is 2.27. The van der Waals surface area contributed by atoms with E-state index in [1.165, 1.54) is 5.56 Å². The number of fused-ring (bicyclic) bond motifs is 1. The van der Waals surface area contributed by atoms with Gasteiger partial charge in [0.25, 0.3) is 0 Å². The van der Waals surface area contributed by atoms with Gasteiger partial charge >= 0.3 is 6.09 Å². The summed E-state index contributed by atoms with van der Waals surface area (Å²) in [6.45, 7) is 7.22. The van der Waals surface area contributed by atoms with Crippen LogP contribution < -0.4 is 0 Å². The minimum atomic E-state index is -0.519. The van der Waals surface area contributed by atoms with E-state index in [4.69, 9.17) is 14.7 Å². The smallest absolute Gasteiger partial charge is 0.410 e. The highest BCUT2D eigenvalue weighted by molar-refractivity contribution is 5.70. The molecule has 146 valence electrons. The van der Waals surface area contributed by atoms with E-state index in [0.29, 0.717) is 25.3 Å². The molecule has 1 heterocycles. The van der Waals surface area contributed by atoms with Crippen molar-refractivity contribution in [1.29, 1.82) is 5.26 Å². The number of ether oxygens (including phenoxy) is 2. The Morgan fingerprint density at radius 3 is 2.61 bits per heavy atom. The number of carbonyl (C=O) groups is 1. The van der Waals surface area contributed by atoms with Gasteiger partial charge in [0.2, 0.25) is 0 Å². The van der Waals surface area contributed by atoms with Gasteiger partial charge in [0, 0.05) is 19.5 Å². The number of benzene rings is 2. The van der Waals surface area contributed by atoms with Crippen LogP contribution in [0.2, 0.25) is 0 Å². The Hall–Kier alpha value is -2.84. The minimum absolute atomic E-state index is 0.0830. The van der Waals surface area contributed by atoms with Gasteiger partial charge in [-0.25, -0.2) is 4.79 Å². The zero-order valence-electron chi connectivity index (χ0n) is 16.9. The average molecular weight is 378 g/mol. The molecule has 0 unspecified atom stereocenters. The van der Waals surface area contributed by atoms with E-state index in [2.05, 4.69) is 18.2 Å². The third kappa shape index (κ3) is 4.52. The van der Waals surface area contributed by atoms with E-state index < -0.39 is 5.60 Å². The van der Waals surface area contributed by atoms with Gasteiger partial charge in [-0.05, 0) is 55.2 Å². The second-order valence-corrected chi connectivity index (χ2v) is 8.14. The average Bonchev–Trinajstić information content (AvgIpc) is 2.66. The van der Waals surface area contributed by atoms with Crippen LogP contribution >= 0.6 is 0 Å². The molecule has 1 atom stereocenters. The molecule has 1 aliphatic heterocycles. The minimum Gasteiger partial charge on any atom is -0.444 e. The van der Waals surface area contributed by atoms with Crippen molar-refractivity contribution in [2.24, 2.45) is 0 Å². The van der Waals surface area contributed by atoms with E-state index in [1.807, 2.05) is 51.1 Å². The first kappa shape index (κ1) is 19.9. The number of hydrogen-bond acceptors (Lipinski definition) is 4. The predicted octanol–water partition coefficient (Wildman–Crippen LogP) is 4.71. The zero-order chi connectivity index (χ0) is 20.3. The van der Waals surface area contributed by atoms with Crippen LogP contribution in [0.4, 0.5) is 4.79 Å². The molecule has 0 bridgehead atoms. The normalized spacial score (nSPS) is 16.0. The molecule has 0 radical (unpaired) electrons. The van der Waals surface area contributed by atoms with Crippen LogP contribution in [-0.4, -0.2) is 36.8 Å². The summed E-state index contributed by atoms with van der Waals surface area (Å²) in [5.41, 5.74) is 4.62. The molecule has 0 spiro atoms. The van der Waals surface area contributed by atoms with Crippen LogP contribution in [0.5, 0.6) is 0 Å². The van der Waals surface area contributed by atoms with Crippen molar-refractivity contribution < 1.29 is 14.3 Å². The monoisotopic (exact) mass is 378 g/mol. The van der Waals surface area contributed by atoms with Gasteiger partial charge < -0.3 is 14.4 Å². The molecule has 5 nitrogen and oxygen atoms in total. The van der Waals surface area contributed by atoms with Crippen LogP contribution in [0.25, 0.3) is 11.1 Å². The number of nitriles is 1. The Bertz CT molecular complexity index is 892. The van der Waals surface area contributed by atoms with Gasteiger partial charge in [-0.15, -0.1) is 0 Å². The molecular weight excluding hydrogens is 352 g/mol. The van der Waals surface area contributed by atoms with E-state index >= 15 is 0 Å². The van der Waals surface area contributed by atoms with E-state index in [-0.39, 0.29) is 12.0 Å². The summed E-state index contributed by atoms with van der Waals surface area (Å²) in [5, 5.41) is 9.01. The summed E-state index contributed by atoms with van der Waals surface area (Å²) in [4.78, 5) is 13.9. The summed E-state index contributed by atoms with van der Waals surface area (Å²) in [7, 11) is 1.76. The van der Waals surface area contributed by atoms with Crippen molar-refractivity contribution >= 4 is 6.09 Å². The SMILES string of the molecule is CN(C[C@H]1COCc2c(-c3ccc(C#N)cc3)cccc21)C(=O)OC(C)(C)C. The molecule has 0 saturated carbocycles. The number of carbonyl (C=O) groups excluding carboxylic acids is 1. The van der Waals surface area contributed by atoms with Gasteiger partial charge in [0.15, 0.2) is 0 Å². The third-order valence-corrected chi connectivity index (χ3v) is 4.74. The molecule has 0 fully saturated rings. The first-order chi connectivity index (χ1) is 13.3. The summed E-state index contributed by atoms with van der Waals surface area (Å²) >= 11 is 0. The van der Waals surface area contributed by atoms with Gasteiger partial charge in [0.05, 0.1) is 24.8 Å². The van der Waals surface area contributed by atoms with E-state index in [0.717, 1.165) is 16.7 Å². The van der Waals surface area contributed by atoms with Crippen LogP contribution in [0.3, 0.4) is 0 Å². The van der Waals surface area contributed by atoms with Crippen molar-refractivity contribution in [2.45, 2.75) is 38.9 Å². The lowest BCUT2D eigenvalue weighted by Gasteiger charge is -2.31. The maximum absolute atomic E-state index is 12.3. The fourth-order valence-corrected chi connectivity index (χ4v) is 3.43. The second-order valence-electron chi connectivity index (χ2n) is 8.14. The molecular formula is C23H26N2O3. The molecule has 0 N–H and O–H groups in total. The highest BCUT2D eigenvalue weighted by atomic mass is 16.6. The lowest BCUT2D eigenvalue weighted by molar-refractivity contribution is 0.0240. The van der Waals surface area contributed by atoms with Crippen molar-refractivity contribution in [3.63, 3.8) is 0 Å². The maximum Gasteiger partial charge on any atom is 0.410 e. The van der Waals surface area contributed by atoms with Crippen molar-refractivity contribution in [3.8, 4) is 17.2 Å². The zero-order valence-corrected chi connectivity index (χ0v) is 16.9. The fraction of sp³-hybridized carbons (Fsp3) is 0.391. The largest absolute Gasteiger partial charge is 0.444 e. The van der Waals surface area contributed by atoms with Gasteiger partial charge in [-0.2, -0.15) is 5.26 Å².